The number of fused-ring (bicyclic) bond motifs is 1. The second-order valence-electron chi connectivity index (χ2n) is 5.07. The van der Waals surface area contributed by atoms with Crippen LogP contribution >= 0.6 is 0 Å². The summed E-state index contributed by atoms with van der Waals surface area (Å²) in [5, 5.41) is 9.35. The Bertz CT molecular complexity index is 937. The third-order valence-corrected chi connectivity index (χ3v) is 3.73. The summed E-state index contributed by atoms with van der Waals surface area (Å²) in [5.74, 6) is -0.253. The lowest BCUT2D eigenvalue weighted by Gasteiger charge is -2.07. The van der Waals surface area contributed by atoms with Crippen LogP contribution in [-0.2, 0) is 0 Å². The van der Waals surface area contributed by atoms with E-state index in [1.807, 2.05) is 30.6 Å². The topological polar surface area (TPSA) is 41.6 Å². The first kappa shape index (κ1) is 12.7. The zero-order valence-corrected chi connectivity index (χ0v) is 11.6. The number of H-pyrrole nitrogens is 1. The number of rotatable bonds is 2. The Labute approximate surface area is 126 Å². The quantitative estimate of drug-likeness (QED) is 0.593. The summed E-state index contributed by atoms with van der Waals surface area (Å²) in [5.41, 5.74) is 3.71. The van der Waals surface area contributed by atoms with Gasteiger partial charge in [-0.05, 0) is 29.7 Å². The normalized spacial score (nSPS) is 11.0. The number of aromatic nitrogens is 3. The summed E-state index contributed by atoms with van der Waals surface area (Å²) in [4.78, 5) is 4.32. The van der Waals surface area contributed by atoms with Crippen molar-refractivity contribution in [2.75, 3.05) is 0 Å². The first-order chi connectivity index (χ1) is 10.8. The van der Waals surface area contributed by atoms with Crippen LogP contribution in [0.2, 0.25) is 0 Å². The molecule has 0 saturated carbocycles. The van der Waals surface area contributed by atoms with E-state index in [4.69, 9.17) is 0 Å². The summed E-state index contributed by atoms with van der Waals surface area (Å²) in [7, 11) is 0. The zero-order chi connectivity index (χ0) is 14.9. The van der Waals surface area contributed by atoms with Crippen molar-refractivity contribution in [1.82, 2.24) is 15.2 Å². The molecule has 0 aliphatic rings. The van der Waals surface area contributed by atoms with Crippen LogP contribution in [0.25, 0.3) is 33.2 Å². The second-order valence-corrected chi connectivity index (χ2v) is 5.07. The van der Waals surface area contributed by atoms with Crippen LogP contribution in [0.15, 0.2) is 67.1 Å². The third-order valence-electron chi connectivity index (χ3n) is 3.73. The van der Waals surface area contributed by atoms with Gasteiger partial charge in [0.15, 0.2) is 0 Å². The fraction of sp³-hybridized carbons (Fsp3) is 0. The Kier molecular flexibility index (Phi) is 2.93. The minimum absolute atomic E-state index is 0.253. The summed E-state index contributed by atoms with van der Waals surface area (Å²) in [6, 6.07) is 14.5. The van der Waals surface area contributed by atoms with E-state index in [1.165, 1.54) is 12.1 Å². The molecule has 0 fully saturated rings. The molecule has 2 heterocycles. The standard InChI is InChI=1S/C18H12FN3/c19-14-7-5-12(6-8-14)18-17(11-21-22-18)16-10-20-9-13-3-1-2-4-15(13)16/h1-11H,(H,21,22). The van der Waals surface area contributed by atoms with Gasteiger partial charge in [-0.25, -0.2) is 4.39 Å². The number of pyridine rings is 1. The van der Waals surface area contributed by atoms with Gasteiger partial charge in [-0.3, -0.25) is 10.1 Å². The Morgan fingerprint density at radius 1 is 0.818 bits per heavy atom. The van der Waals surface area contributed by atoms with Gasteiger partial charge in [0.05, 0.1) is 11.9 Å². The molecule has 0 aliphatic heterocycles. The van der Waals surface area contributed by atoms with E-state index in [1.54, 1.807) is 18.3 Å². The zero-order valence-electron chi connectivity index (χ0n) is 11.6. The Balaban J connectivity index is 1.94. The van der Waals surface area contributed by atoms with Crippen molar-refractivity contribution < 1.29 is 4.39 Å². The molecule has 2 aromatic heterocycles. The number of nitrogens with zero attached hydrogens (tertiary/aromatic N) is 2. The van der Waals surface area contributed by atoms with Crippen LogP contribution in [0.5, 0.6) is 0 Å². The van der Waals surface area contributed by atoms with Crippen LogP contribution in [0.4, 0.5) is 4.39 Å². The monoisotopic (exact) mass is 289 g/mol. The highest BCUT2D eigenvalue weighted by Gasteiger charge is 2.12. The number of hydrogen-bond donors (Lipinski definition) is 1. The highest BCUT2D eigenvalue weighted by atomic mass is 19.1. The van der Waals surface area contributed by atoms with Crippen molar-refractivity contribution in [3.8, 4) is 22.4 Å². The van der Waals surface area contributed by atoms with Gasteiger partial charge in [-0.15, -0.1) is 0 Å². The lowest BCUT2D eigenvalue weighted by molar-refractivity contribution is 0.628. The van der Waals surface area contributed by atoms with Gasteiger partial charge in [0.25, 0.3) is 0 Å². The minimum atomic E-state index is -0.253. The molecule has 1 N–H and O–H groups in total. The maximum absolute atomic E-state index is 13.1. The molecule has 0 atom stereocenters. The molecule has 0 bridgehead atoms. The molecule has 0 aliphatic carbocycles. The molecule has 4 rings (SSSR count). The fourth-order valence-corrected chi connectivity index (χ4v) is 2.66. The Morgan fingerprint density at radius 3 is 2.50 bits per heavy atom. The van der Waals surface area contributed by atoms with Gasteiger partial charge >= 0.3 is 0 Å². The molecule has 106 valence electrons. The molecule has 0 spiro atoms. The molecule has 4 aromatic rings. The first-order valence-corrected chi connectivity index (χ1v) is 6.95. The van der Waals surface area contributed by atoms with Crippen molar-refractivity contribution in [1.29, 1.82) is 0 Å². The molecule has 0 radical (unpaired) electrons. The van der Waals surface area contributed by atoms with Gasteiger partial charge in [0.1, 0.15) is 5.82 Å². The maximum Gasteiger partial charge on any atom is 0.123 e. The Hall–Kier alpha value is -3.01. The van der Waals surface area contributed by atoms with Crippen LogP contribution in [0.1, 0.15) is 0 Å². The van der Waals surface area contributed by atoms with Crippen LogP contribution in [0, 0.1) is 5.82 Å². The molecular formula is C18H12FN3. The van der Waals surface area contributed by atoms with Crippen LogP contribution in [0.3, 0.4) is 0 Å². The molecule has 0 saturated heterocycles. The second kappa shape index (κ2) is 5.07. The highest BCUT2D eigenvalue weighted by molar-refractivity contribution is 5.98. The minimum Gasteiger partial charge on any atom is -0.277 e. The average Bonchev–Trinajstić information content (AvgIpc) is 3.04. The predicted octanol–water partition coefficient (Wildman–Crippen LogP) is 4.43. The average molecular weight is 289 g/mol. The molecule has 0 amide bonds. The van der Waals surface area contributed by atoms with E-state index in [0.29, 0.717) is 0 Å². The largest absolute Gasteiger partial charge is 0.277 e. The highest BCUT2D eigenvalue weighted by Crippen LogP contribution is 2.34. The van der Waals surface area contributed by atoms with E-state index in [2.05, 4.69) is 21.2 Å². The summed E-state index contributed by atoms with van der Waals surface area (Å²) >= 11 is 0. The lowest BCUT2D eigenvalue weighted by atomic mass is 9.99. The van der Waals surface area contributed by atoms with E-state index < -0.39 is 0 Å². The number of benzene rings is 2. The molecule has 22 heavy (non-hydrogen) atoms. The Morgan fingerprint density at radius 2 is 1.64 bits per heavy atom. The predicted molar refractivity (Wildman–Crippen MR) is 84.7 cm³/mol. The van der Waals surface area contributed by atoms with E-state index in [-0.39, 0.29) is 5.82 Å². The van der Waals surface area contributed by atoms with Gasteiger partial charge < -0.3 is 0 Å². The SMILES string of the molecule is Fc1ccc(-c2[nH]ncc2-c2cncc3ccccc23)cc1. The van der Waals surface area contributed by atoms with Crippen molar-refractivity contribution >= 4 is 10.8 Å². The third kappa shape index (κ3) is 2.05. The van der Waals surface area contributed by atoms with E-state index >= 15 is 0 Å². The summed E-state index contributed by atoms with van der Waals surface area (Å²) in [6.45, 7) is 0. The maximum atomic E-state index is 13.1. The van der Waals surface area contributed by atoms with Crippen molar-refractivity contribution in [2.24, 2.45) is 0 Å². The summed E-state index contributed by atoms with van der Waals surface area (Å²) in [6.07, 6.45) is 5.46. The number of nitrogens with one attached hydrogen (secondary N) is 1. The molecule has 3 nitrogen and oxygen atoms in total. The van der Waals surface area contributed by atoms with Crippen LogP contribution in [-0.4, -0.2) is 15.2 Å². The van der Waals surface area contributed by atoms with E-state index in [0.717, 1.165) is 33.2 Å². The van der Waals surface area contributed by atoms with Gasteiger partial charge in [0.2, 0.25) is 0 Å². The van der Waals surface area contributed by atoms with E-state index in [9.17, 15) is 4.39 Å². The molecule has 2 aromatic carbocycles. The fourth-order valence-electron chi connectivity index (χ4n) is 2.66. The number of aromatic amines is 1. The van der Waals surface area contributed by atoms with Crippen molar-refractivity contribution in [3.05, 3.63) is 72.9 Å². The van der Waals surface area contributed by atoms with Gasteiger partial charge in [-0.1, -0.05) is 24.3 Å². The van der Waals surface area contributed by atoms with Gasteiger partial charge in [-0.2, -0.15) is 5.10 Å². The number of hydrogen-bond acceptors (Lipinski definition) is 2. The van der Waals surface area contributed by atoms with Crippen molar-refractivity contribution in [3.63, 3.8) is 0 Å². The number of halogens is 1. The summed E-state index contributed by atoms with van der Waals surface area (Å²) < 4.78 is 13.1. The smallest absolute Gasteiger partial charge is 0.123 e. The molecule has 0 unspecified atom stereocenters. The molecule has 4 heteroatoms. The molecular weight excluding hydrogens is 277 g/mol. The van der Waals surface area contributed by atoms with Gasteiger partial charge in [0, 0.05) is 34.5 Å². The first-order valence-electron chi connectivity index (χ1n) is 6.95. The van der Waals surface area contributed by atoms with Crippen LogP contribution < -0.4 is 0 Å². The van der Waals surface area contributed by atoms with Crippen molar-refractivity contribution in [2.45, 2.75) is 0 Å². The lowest BCUT2D eigenvalue weighted by Crippen LogP contribution is -1.86.